The van der Waals surface area contributed by atoms with Crippen LogP contribution in [0, 0.1) is 5.92 Å². The van der Waals surface area contributed by atoms with Crippen LogP contribution in [0.3, 0.4) is 0 Å². The van der Waals surface area contributed by atoms with Crippen molar-refractivity contribution in [2.45, 2.75) is 17.7 Å². The van der Waals surface area contributed by atoms with Gasteiger partial charge in [-0.05, 0) is 13.3 Å². The Morgan fingerprint density at radius 1 is 1.62 bits per heavy atom. The Bertz CT molecular complexity index is 116. The molecule has 46 valence electrons. The van der Waals surface area contributed by atoms with Crippen LogP contribution >= 0.6 is 23.2 Å². The number of allylic oxidation sites excluding steroid dienone is 2. The van der Waals surface area contributed by atoms with Gasteiger partial charge in [0.2, 0.25) is 0 Å². The third-order valence-electron chi connectivity index (χ3n) is 1.30. The van der Waals surface area contributed by atoms with Crippen LogP contribution < -0.4 is 0 Å². The molecule has 0 aromatic carbocycles. The van der Waals surface area contributed by atoms with E-state index in [-0.39, 0.29) is 0 Å². The highest BCUT2D eigenvalue weighted by Crippen LogP contribution is 2.53. The van der Waals surface area contributed by atoms with Gasteiger partial charge in [-0.25, -0.2) is 0 Å². The molecule has 0 amide bonds. The van der Waals surface area contributed by atoms with Crippen LogP contribution in [0.25, 0.3) is 0 Å². The number of alkyl halides is 2. The molecular formula is C6H8Cl2. The highest BCUT2D eigenvalue weighted by Gasteiger charge is 2.49. The van der Waals surface area contributed by atoms with E-state index in [0.29, 0.717) is 5.92 Å². The van der Waals surface area contributed by atoms with Gasteiger partial charge in [0.1, 0.15) is 4.33 Å². The molecule has 0 radical (unpaired) electrons. The van der Waals surface area contributed by atoms with Gasteiger partial charge in [-0.2, -0.15) is 0 Å². The summed E-state index contributed by atoms with van der Waals surface area (Å²) in [6.07, 6.45) is 4.94. The normalized spacial score (nSPS) is 33.6. The summed E-state index contributed by atoms with van der Waals surface area (Å²) in [7, 11) is 0. The molecule has 0 aliphatic heterocycles. The average molecular weight is 151 g/mol. The number of hydrogen-bond acceptors (Lipinski definition) is 0. The second kappa shape index (κ2) is 1.93. The third kappa shape index (κ3) is 1.18. The van der Waals surface area contributed by atoms with Gasteiger partial charge in [0, 0.05) is 5.92 Å². The van der Waals surface area contributed by atoms with E-state index in [9.17, 15) is 0 Å². The fourth-order valence-corrected chi connectivity index (χ4v) is 1.15. The van der Waals surface area contributed by atoms with E-state index in [4.69, 9.17) is 23.2 Å². The van der Waals surface area contributed by atoms with E-state index < -0.39 is 4.33 Å². The Morgan fingerprint density at radius 2 is 2.12 bits per heavy atom. The quantitative estimate of drug-likeness (QED) is 0.399. The maximum Gasteiger partial charge on any atom is 0.125 e. The van der Waals surface area contributed by atoms with Gasteiger partial charge in [0.15, 0.2) is 0 Å². The summed E-state index contributed by atoms with van der Waals surface area (Å²) in [4.78, 5) is 0. The molecule has 1 fully saturated rings. The fourth-order valence-electron chi connectivity index (χ4n) is 0.675. The molecule has 1 aliphatic rings. The van der Waals surface area contributed by atoms with Crippen molar-refractivity contribution in [3.63, 3.8) is 0 Å². The third-order valence-corrected chi connectivity index (χ3v) is 2.17. The van der Waals surface area contributed by atoms with E-state index in [1.54, 1.807) is 0 Å². The Morgan fingerprint density at radius 3 is 2.25 bits per heavy atom. The highest BCUT2D eigenvalue weighted by atomic mass is 35.5. The molecule has 0 heterocycles. The van der Waals surface area contributed by atoms with E-state index in [1.807, 2.05) is 19.1 Å². The van der Waals surface area contributed by atoms with Gasteiger partial charge >= 0.3 is 0 Å². The highest BCUT2D eigenvalue weighted by molar-refractivity contribution is 6.51. The smallest absolute Gasteiger partial charge is 0.101 e. The number of rotatable bonds is 1. The molecule has 8 heavy (non-hydrogen) atoms. The summed E-state index contributed by atoms with van der Waals surface area (Å²) in [6, 6.07) is 0. The van der Waals surface area contributed by atoms with Crippen molar-refractivity contribution in [2.75, 3.05) is 0 Å². The molecule has 0 aromatic rings. The van der Waals surface area contributed by atoms with Crippen molar-refractivity contribution in [3.8, 4) is 0 Å². The zero-order chi connectivity index (χ0) is 6.20. The summed E-state index contributed by atoms with van der Waals surface area (Å²) < 4.78 is -0.424. The Balaban J connectivity index is 2.37. The predicted octanol–water partition coefficient (Wildman–Crippen LogP) is 2.76. The van der Waals surface area contributed by atoms with Crippen LogP contribution in [0.4, 0.5) is 0 Å². The van der Waals surface area contributed by atoms with Crippen molar-refractivity contribution < 1.29 is 0 Å². The first-order valence-corrected chi connectivity index (χ1v) is 3.43. The van der Waals surface area contributed by atoms with E-state index in [0.717, 1.165) is 6.42 Å². The molecule has 0 N–H and O–H groups in total. The topological polar surface area (TPSA) is 0 Å². The minimum absolute atomic E-state index is 0.413. The molecule has 0 saturated heterocycles. The van der Waals surface area contributed by atoms with E-state index >= 15 is 0 Å². The molecule has 0 bridgehead atoms. The molecule has 1 rings (SSSR count). The van der Waals surface area contributed by atoms with Gasteiger partial charge < -0.3 is 0 Å². The molecule has 0 spiro atoms. The Hall–Kier alpha value is 0.320. The van der Waals surface area contributed by atoms with Crippen molar-refractivity contribution in [1.82, 2.24) is 0 Å². The van der Waals surface area contributed by atoms with Crippen LogP contribution in [-0.4, -0.2) is 4.33 Å². The summed E-state index contributed by atoms with van der Waals surface area (Å²) >= 11 is 11.4. The molecular weight excluding hydrogens is 143 g/mol. The molecule has 1 atom stereocenters. The van der Waals surface area contributed by atoms with E-state index in [1.165, 1.54) is 0 Å². The first kappa shape index (κ1) is 6.44. The van der Waals surface area contributed by atoms with Gasteiger partial charge in [-0.15, -0.1) is 23.2 Å². The molecule has 1 aliphatic carbocycles. The largest absolute Gasteiger partial charge is 0.125 e. The molecule has 1 saturated carbocycles. The van der Waals surface area contributed by atoms with Crippen molar-refractivity contribution in [2.24, 2.45) is 5.92 Å². The lowest BCUT2D eigenvalue weighted by atomic mass is 10.4. The predicted molar refractivity (Wildman–Crippen MR) is 37.4 cm³/mol. The minimum atomic E-state index is -0.424. The monoisotopic (exact) mass is 150 g/mol. The van der Waals surface area contributed by atoms with Gasteiger partial charge in [0.25, 0.3) is 0 Å². The zero-order valence-corrected chi connectivity index (χ0v) is 6.21. The lowest BCUT2D eigenvalue weighted by Crippen LogP contribution is -1.84. The lowest BCUT2D eigenvalue weighted by molar-refractivity contribution is 1.09. The number of halogens is 2. The fraction of sp³-hybridized carbons (Fsp3) is 0.667. The van der Waals surface area contributed by atoms with Crippen LogP contribution in [0.15, 0.2) is 12.2 Å². The van der Waals surface area contributed by atoms with Crippen molar-refractivity contribution in [1.29, 1.82) is 0 Å². The van der Waals surface area contributed by atoms with Gasteiger partial charge in [-0.1, -0.05) is 12.2 Å². The Kier molecular flexibility index (Phi) is 1.55. The van der Waals surface area contributed by atoms with Gasteiger partial charge in [-0.3, -0.25) is 0 Å². The minimum Gasteiger partial charge on any atom is -0.101 e. The van der Waals surface area contributed by atoms with Crippen LogP contribution in [0.1, 0.15) is 13.3 Å². The number of hydrogen-bond donors (Lipinski definition) is 0. The lowest BCUT2D eigenvalue weighted by Gasteiger charge is -1.88. The van der Waals surface area contributed by atoms with Crippen LogP contribution in [-0.2, 0) is 0 Å². The zero-order valence-electron chi connectivity index (χ0n) is 4.70. The average Bonchev–Trinajstić information content (AvgIpc) is 2.15. The summed E-state index contributed by atoms with van der Waals surface area (Å²) in [5.41, 5.74) is 0. The first-order chi connectivity index (χ1) is 3.67. The van der Waals surface area contributed by atoms with Crippen molar-refractivity contribution >= 4 is 23.2 Å². The Labute approximate surface area is 59.5 Å². The first-order valence-electron chi connectivity index (χ1n) is 2.67. The maximum absolute atomic E-state index is 5.70. The second-order valence-electron chi connectivity index (χ2n) is 2.10. The maximum atomic E-state index is 5.70. The van der Waals surface area contributed by atoms with E-state index in [2.05, 4.69) is 0 Å². The SMILES string of the molecule is CC=CC1CC1(Cl)Cl. The van der Waals surface area contributed by atoms with Crippen LogP contribution in [0.5, 0.6) is 0 Å². The van der Waals surface area contributed by atoms with Crippen molar-refractivity contribution in [3.05, 3.63) is 12.2 Å². The summed E-state index contributed by atoms with van der Waals surface area (Å²) in [6.45, 7) is 1.97. The standard InChI is InChI=1S/C6H8Cl2/c1-2-3-5-4-6(5,7)8/h2-3,5H,4H2,1H3. The molecule has 1 unspecified atom stereocenters. The molecule has 2 heteroatoms. The van der Waals surface area contributed by atoms with Crippen LogP contribution in [0.2, 0.25) is 0 Å². The summed E-state index contributed by atoms with van der Waals surface area (Å²) in [5, 5.41) is 0. The second-order valence-corrected chi connectivity index (χ2v) is 3.64. The molecule has 0 aromatic heterocycles. The van der Waals surface area contributed by atoms with Gasteiger partial charge in [0.05, 0.1) is 0 Å². The molecule has 0 nitrogen and oxygen atoms in total. The summed E-state index contributed by atoms with van der Waals surface area (Å²) in [5.74, 6) is 0.413.